The van der Waals surface area contributed by atoms with E-state index in [2.05, 4.69) is 62.3 Å². The Labute approximate surface area is 147 Å². The Kier molecular flexibility index (Phi) is 14.2. The summed E-state index contributed by atoms with van der Waals surface area (Å²) < 4.78 is 0. The third-order valence-electron chi connectivity index (χ3n) is 2.54. The molecule has 0 heterocycles. The van der Waals surface area contributed by atoms with Gasteiger partial charge in [0.1, 0.15) is 0 Å². The molecule has 0 aromatic heterocycles. The van der Waals surface area contributed by atoms with Crippen molar-refractivity contribution in [1.29, 1.82) is 0 Å². The van der Waals surface area contributed by atoms with Gasteiger partial charge >= 0.3 is 17.1 Å². The first kappa shape index (κ1) is 23.1. The summed E-state index contributed by atoms with van der Waals surface area (Å²) in [5, 5.41) is 0. The van der Waals surface area contributed by atoms with E-state index >= 15 is 0 Å². The molecular formula is C19H27MnN2. The van der Waals surface area contributed by atoms with E-state index in [0.29, 0.717) is 0 Å². The largest absolute Gasteiger partial charge is 3.00 e. The maximum absolute atomic E-state index is 3.04. The van der Waals surface area contributed by atoms with Crippen LogP contribution in [0.1, 0.15) is 11.1 Å². The van der Waals surface area contributed by atoms with Crippen LogP contribution in [0.15, 0.2) is 48.5 Å². The van der Waals surface area contributed by atoms with E-state index in [4.69, 9.17) is 0 Å². The van der Waals surface area contributed by atoms with Crippen LogP contribution in [0.4, 0.5) is 0 Å². The molecular weight excluding hydrogens is 311 g/mol. The quantitative estimate of drug-likeness (QED) is 0.621. The molecule has 0 fully saturated rings. The van der Waals surface area contributed by atoms with Gasteiger partial charge in [-0.15, -0.1) is 11.1 Å². The van der Waals surface area contributed by atoms with Gasteiger partial charge < -0.3 is 17.2 Å². The Bertz CT molecular complexity index is 410. The second kappa shape index (κ2) is 13.5. The van der Waals surface area contributed by atoms with Crippen LogP contribution < -0.4 is 0 Å². The number of hydrogen-bond donors (Lipinski definition) is 0. The summed E-state index contributed by atoms with van der Waals surface area (Å²) in [5.41, 5.74) is 2.63. The van der Waals surface area contributed by atoms with Crippen LogP contribution in [0.3, 0.4) is 0 Å². The summed E-state index contributed by atoms with van der Waals surface area (Å²) in [6.07, 6.45) is 0. The summed E-state index contributed by atoms with van der Waals surface area (Å²) in [4.78, 5) is 4.28. The molecule has 3 heteroatoms. The maximum atomic E-state index is 3.04. The van der Waals surface area contributed by atoms with E-state index in [1.54, 1.807) is 0 Å². The monoisotopic (exact) mass is 338 g/mol. The van der Waals surface area contributed by atoms with E-state index in [0.717, 1.165) is 13.1 Å². The van der Waals surface area contributed by atoms with Crippen LogP contribution in [0.5, 0.6) is 0 Å². The van der Waals surface area contributed by atoms with Crippen LogP contribution in [-0.4, -0.2) is 38.0 Å². The minimum absolute atomic E-state index is 0. The Balaban J connectivity index is 0. The molecule has 0 saturated heterocycles. The SMILES string of the molecule is CN(C)Cc1c[c-]ccc1.CN(C)Cc1c[c-]ccc1.[CH3-].[Mn+3]. The summed E-state index contributed by atoms with van der Waals surface area (Å²) >= 11 is 0. The zero-order valence-corrected chi connectivity index (χ0v) is 15.5. The Morgan fingerprint density at radius 2 is 1.14 bits per heavy atom. The van der Waals surface area contributed by atoms with Crippen molar-refractivity contribution in [3.8, 4) is 0 Å². The molecule has 120 valence electrons. The van der Waals surface area contributed by atoms with Crippen molar-refractivity contribution in [1.82, 2.24) is 9.80 Å². The van der Waals surface area contributed by atoms with E-state index in [-0.39, 0.29) is 24.5 Å². The first-order valence-corrected chi connectivity index (χ1v) is 6.77. The maximum Gasteiger partial charge on any atom is 3.00 e. The zero-order valence-electron chi connectivity index (χ0n) is 14.3. The van der Waals surface area contributed by atoms with Gasteiger partial charge in [0.15, 0.2) is 0 Å². The van der Waals surface area contributed by atoms with Crippen molar-refractivity contribution < 1.29 is 17.1 Å². The van der Waals surface area contributed by atoms with Crippen LogP contribution in [0.2, 0.25) is 0 Å². The molecule has 2 nitrogen and oxygen atoms in total. The molecule has 0 unspecified atom stereocenters. The Hall–Kier alpha value is -1.12. The second-order valence-electron chi connectivity index (χ2n) is 5.30. The molecule has 0 amide bonds. The van der Waals surface area contributed by atoms with Crippen molar-refractivity contribution in [3.63, 3.8) is 0 Å². The third-order valence-corrected chi connectivity index (χ3v) is 2.54. The molecule has 0 saturated carbocycles. The fraction of sp³-hybridized carbons (Fsp3) is 0.316. The minimum atomic E-state index is 0. The van der Waals surface area contributed by atoms with Gasteiger partial charge in [-0.05, 0) is 41.3 Å². The summed E-state index contributed by atoms with van der Waals surface area (Å²) in [6.45, 7) is 1.99. The average molecular weight is 338 g/mol. The number of rotatable bonds is 4. The van der Waals surface area contributed by atoms with Gasteiger partial charge in [0, 0.05) is 0 Å². The smallest absolute Gasteiger partial charge is 0.358 e. The van der Waals surface area contributed by atoms with Crippen molar-refractivity contribution in [2.75, 3.05) is 28.2 Å². The molecule has 0 N–H and O–H groups in total. The molecule has 2 aromatic rings. The van der Waals surface area contributed by atoms with Crippen molar-refractivity contribution >= 4 is 0 Å². The molecule has 0 radical (unpaired) electrons. The van der Waals surface area contributed by atoms with E-state index in [1.165, 1.54) is 11.1 Å². The van der Waals surface area contributed by atoms with Gasteiger partial charge in [-0.25, -0.2) is 0 Å². The van der Waals surface area contributed by atoms with Gasteiger partial charge in [-0.3, -0.25) is 0 Å². The predicted octanol–water partition coefficient (Wildman–Crippen LogP) is 3.54. The van der Waals surface area contributed by atoms with Crippen LogP contribution in [-0.2, 0) is 30.2 Å². The molecule has 0 aliphatic carbocycles. The topological polar surface area (TPSA) is 6.48 Å². The molecule has 2 rings (SSSR count). The molecule has 0 bridgehead atoms. The zero-order chi connectivity index (χ0) is 14.8. The first-order chi connectivity index (χ1) is 9.58. The standard InChI is InChI=1S/2C9H12N.CH3.Mn/c2*1-10(2)8-9-6-4-3-5-7-9;;/h2*3-4,6-7H,8H2,1-2H3;1H3;/q3*-1;+3. The fourth-order valence-corrected chi connectivity index (χ4v) is 1.79. The summed E-state index contributed by atoms with van der Waals surface area (Å²) in [7, 11) is 8.25. The number of nitrogens with zero attached hydrogens (tertiary/aromatic N) is 2. The first-order valence-electron chi connectivity index (χ1n) is 6.77. The van der Waals surface area contributed by atoms with Gasteiger partial charge in [-0.2, -0.15) is 60.7 Å². The van der Waals surface area contributed by atoms with Crippen molar-refractivity contribution in [2.45, 2.75) is 13.1 Å². The molecule has 0 aliphatic rings. The molecule has 0 spiro atoms. The summed E-state index contributed by atoms with van der Waals surface area (Å²) in [5.74, 6) is 0. The van der Waals surface area contributed by atoms with Crippen molar-refractivity contribution in [2.24, 2.45) is 0 Å². The van der Waals surface area contributed by atoms with Gasteiger partial charge in [-0.1, -0.05) is 0 Å². The molecule has 22 heavy (non-hydrogen) atoms. The number of hydrogen-bond acceptors (Lipinski definition) is 2. The van der Waals surface area contributed by atoms with Crippen LogP contribution in [0.25, 0.3) is 0 Å². The number of benzene rings is 2. The predicted molar refractivity (Wildman–Crippen MR) is 91.8 cm³/mol. The van der Waals surface area contributed by atoms with E-state index in [1.807, 2.05) is 36.4 Å². The second-order valence-corrected chi connectivity index (χ2v) is 5.30. The normalized spacial score (nSPS) is 9.36. The fourth-order valence-electron chi connectivity index (χ4n) is 1.79. The van der Waals surface area contributed by atoms with Crippen LogP contribution >= 0.6 is 0 Å². The third kappa shape index (κ3) is 11.5. The molecule has 0 aliphatic heterocycles. The van der Waals surface area contributed by atoms with Crippen molar-refractivity contribution in [3.05, 3.63) is 79.2 Å². The van der Waals surface area contributed by atoms with Crippen LogP contribution in [0, 0.1) is 19.6 Å². The van der Waals surface area contributed by atoms with Gasteiger partial charge in [0.25, 0.3) is 0 Å². The van der Waals surface area contributed by atoms with Gasteiger partial charge in [0.2, 0.25) is 0 Å². The van der Waals surface area contributed by atoms with E-state index in [9.17, 15) is 0 Å². The minimum Gasteiger partial charge on any atom is -0.358 e. The molecule has 0 atom stereocenters. The van der Waals surface area contributed by atoms with E-state index < -0.39 is 0 Å². The summed E-state index contributed by atoms with van der Waals surface area (Å²) in [6, 6.07) is 22.2. The van der Waals surface area contributed by atoms with Gasteiger partial charge in [0.05, 0.1) is 0 Å². The molecule has 2 aromatic carbocycles. The Morgan fingerprint density at radius 1 is 0.773 bits per heavy atom. The average Bonchev–Trinajstić information content (AvgIpc) is 2.40. The Morgan fingerprint density at radius 3 is 1.36 bits per heavy atom.